The standard InChI is InChI=1S/C11H17N/c1-3-9-12(2)10-11-7-5-4-6-8-11/h4-8H,3,9-10H2,1-2H3. The van der Waals surface area contributed by atoms with Crippen molar-refractivity contribution in [2.24, 2.45) is 0 Å². The lowest BCUT2D eigenvalue weighted by Crippen LogP contribution is -2.18. The number of hydrogen-bond donors (Lipinski definition) is 0. The fourth-order valence-electron chi connectivity index (χ4n) is 1.36. The summed E-state index contributed by atoms with van der Waals surface area (Å²) in [5.74, 6) is 0. The van der Waals surface area contributed by atoms with Crippen LogP contribution in [0.4, 0.5) is 0 Å². The van der Waals surface area contributed by atoms with E-state index in [1.807, 2.05) is 0 Å². The SMILES string of the molecule is CCCN(C)Cc1ccccc1. The molecule has 0 N–H and O–H groups in total. The van der Waals surface area contributed by atoms with Crippen LogP contribution in [-0.2, 0) is 6.54 Å². The molecule has 0 aliphatic rings. The van der Waals surface area contributed by atoms with Gasteiger partial charge in [-0.1, -0.05) is 37.3 Å². The molecular weight excluding hydrogens is 146 g/mol. The molecule has 1 aromatic carbocycles. The number of benzene rings is 1. The number of hydrogen-bond acceptors (Lipinski definition) is 1. The molecule has 0 spiro atoms. The van der Waals surface area contributed by atoms with E-state index in [1.165, 1.54) is 18.5 Å². The number of rotatable bonds is 4. The molecule has 0 saturated heterocycles. The Kier molecular flexibility index (Phi) is 3.81. The highest BCUT2D eigenvalue weighted by atomic mass is 15.1. The molecule has 0 fully saturated rings. The molecule has 66 valence electrons. The van der Waals surface area contributed by atoms with Crippen molar-refractivity contribution in [3.8, 4) is 0 Å². The Morgan fingerprint density at radius 2 is 1.83 bits per heavy atom. The van der Waals surface area contributed by atoms with E-state index in [1.54, 1.807) is 0 Å². The zero-order valence-corrected chi connectivity index (χ0v) is 7.96. The van der Waals surface area contributed by atoms with Gasteiger partial charge in [0.2, 0.25) is 0 Å². The van der Waals surface area contributed by atoms with Crippen LogP contribution in [0.5, 0.6) is 0 Å². The minimum absolute atomic E-state index is 1.06. The van der Waals surface area contributed by atoms with E-state index in [4.69, 9.17) is 0 Å². The Morgan fingerprint density at radius 1 is 1.17 bits per heavy atom. The fraction of sp³-hybridized carbons (Fsp3) is 0.455. The van der Waals surface area contributed by atoms with Crippen LogP contribution in [0.1, 0.15) is 18.9 Å². The molecule has 0 aliphatic heterocycles. The molecule has 12 heavy (non-hydrogen) atoms. The van der Waals surface area contributed by atoms with Gasteiger partial charge in [-0.15, -0.1) is 0 Å². The molecule has 0 atom stereocenters. The van der Waals surface area contributed by atoms with Crippen molar-refractivity contribution in [1.29, 1.82) is 0 Å². The topological polar surface area (TPSA) is 3.24 Å². The molecule has 0 aromatic heterocycles. The molecule has 1 aromatic rings. The molecule has 0 radical (unpaired) electrons. The highest BCUT2D eigenvalue weighted by Gasteiger charge is 1.96. The van der Waals surface area contributed by atoms with Crippen LogP contribution in [0.25, 0.3) is 0 Å². The van der Waals surface area contributed by atoms with Crippen LogP contribution in [0.3, 0.4) is 0 Å². The molecular formula is C11H17N. The van der Waals surface area contributed by atoms with Crippen molar-refractivity contribution >= 4 is 0 Å². The van der Waals surface area contributed by atoms with Crippen molar-refractivity contribution in [1.82, 2.24) is 4.90 Å². The molecule has 0 bridgehead atoms. The van der Waals surface area contributed by atoms with Crippen LogP contribution in [0.2, 0.25) is 0 Å². The second-order valence-corrected chi connectivity index (χ2v) is 3.22. The van der Waals surface area contributed by atoms with Crippen molar-refractivity contribution in [3.63, 3.8) is 0 Å². The van der Waals surface area contributed by atoms with E-state index in [0.717, 1.165) is 6.54 Å². The Morgan fingerprint density at radius 3 is 2.42 bits per heavy atom. The highest BCUT2D eigenvalue weighted by Crippen LogP contribution is 2.02. The lowest BCUT2D eigenvalue weighted by molar-refractivity contribution is 0.327. The summed E-state index contributed by atoms with van der Waals surface area (Å²) >= 11 is 0. The zero-order valence-electron chi connectivity index (χ0n) is 7.96. The molecule has 0 aliphatic carbocycles. The molecule has 0 amide bonds. The summed E-state index contributed by atoms with van der Waals surface area (Å²) in [5.41, 5.74) is 1.40. The summed E-state index contributed by atoms with van der Waals surface area (Å²) in [6.07, 6.45) is 1.23. The quantitative estimate of drug-likeness (QED) is 0.659. The second-order valence-electron chi connectivity index (χ2n) is 3.22. The maximum atomic E-state index is 2.34. The third-order valence-electron chi connectivity index (χ3n) is 1.90. The first-order valence-electron chi connectivity index (χ1n) is 4.55. The van der Waals surface area contributed by atoms with Gasteiger partial charge in [0, 0.05) is 6.54 Å². The third kappa shape index (κ3) is 3.05. The van der Waals surface area contributed by atoms with Crippen molar-refractivity contribution in [2.75, 3.05) is 13.6 Å². The monoisotopic (exact) mass is 163 g/mol. The van der Waals surface area contributed by atoms with Gasteiger partial charge in [-0.3, -0.25) is 0 Å². The van der Waals surface area contributed by atoms with Crippen LogP contribution >= 0.6 is 0 Å². The van der Waals surface area contributed by atoms with E-state index < -0.39 is 0 Å². The van der Waals surface area contributed by atoms with E-state index in [2.05, 4.69) is 49.2 Å². The van der Waals surface area contributed by atoms with Gasteiger partial charge in [0.1, 0.15) is 0 Å². The first-order chi connectivity index (χ1) is 5.83. The molecule has 0 unspecified atom stereocenters. The van der Waals surface area contributed by atoms with Gasteiger partial charge in [0.15, 0.2) is 0 Å². The van der Waals surface area contributed by atoms with E-state index in [9.17, 15) is 0 Å². The predicted molar refractivity (Wildman–Crippen MR) is 53.1 cm³/mol. The zero-order chi connectivity index (χ0) is 8.81. The molecule has 0 heterocycles. The summed E-state index contributed by atoms with van der Waals surface area (Å²) in [5, 5.41) is 0. The largest absolute Gasteiger partial charge is 0.302 e. The molecule has 1 rings (SSSR count). The second kappa shape index (κ2) is 4.94. The average Bonchev–Trinajstić information content (AvgIpc) is 2.06. The van der Waals surface area contributed by atoms with Gasteiger partial charge in [0.25, 0.3) is 0 Å². The average molecular weight is 163 g/mol. The Hall–Kier alpha value is -0.820. The first-order valence-corrected chi connectivity index (χ1v) is 4.55. The molecule has 0 saturated carbocycles. The van der Waals surface area contributed by atoms with Crippen LogP contribution < -0.4 is 0 Å². The van der Waals surface area contributed by atoms with Crippen LogP contribution in [-0.4, -0.2) is 18.5 Å². The normalized spacial score (nSPS) is 10.6. The van der Waals surface area contributed by atoms with Gasteiger partial charge < -0.3 is 4.90 Å². The predicted octanol–water partition coefficient (Wildman–Crippen LogP) is 2.53. The summed E-state index contributed by atoms with van der Waals surface area (Å²) in [6.45, 7) is 4.45. The summed E-state index contributed by atoms with van der Waals surface area (Å²) in [6, 6.07) is 10.6. The Labute approximate surface area is 75.0 Å². The summed E-state index contributed by atoms with van der Waals surface area (Å²) in [4.78, 5) is 2.34. The Bertz CT molecular complexity index is 206. The molecule has 1 heteroatoms. The van der Waals surface area contributed by atoms with Gasteiger partial charge in [-0.25, -0.2) is 0 Å². The lowest BCUT2D eigenvalue weighted by Gasteiger charge is -2.14. The van der Waals surface area contributed by atoms with Gasteiger partial charge >= 0.3 is 0 Å². The lowest BCUT2D eigenvalue weighted by atomic mass is 10.2. The molecule has 1 nitrogen and oxygen atoms in total. The van der Waals surface area contributed by atoms with Gasteiger partial charge in [0.05, 0.1) is 0 Å². The van der Waals surface area contributed by atoms with Crippen LogP contribution in [0, 0.1) is 0 Å². The fourth-order valence-corrected chi connectivity index (χ4v) is 1.36. The maximum absolute atomic E-state index is 2.34. The summed E-state index contributed by atoms with van der Waals surface area (Å²) in [7, 11) is 2.16. The van der Waals surface area contributed by atoms with Crippen molar-refractivity contribution < 1.29 is 0 Å². The summed E-state index contributed by atoms with van der Waals surface area (Å²) < 4.78 is 0. The van der Waals surface area contributed by atoms with E-state index >= 15 is 0 Å². The smallest absolute Gasteiger partial charge is 0.0230 e. The minimum atomic E-state index is 1.06. The third-order valence-corrected chi connectivity index (χ3v) is 1.90. The van der Waals surface area contributed by atoms with Crippen molar-refractivity contribution in [3.05, 3.63) is 35.9 Å². The maximum Gasteiger partial charge on any atom is 0.0230 e. The highest BCUT2D eigenvalue weighted by molar-refractivity contribution is 5.14. The van der Waals surface area contributed by atoms with E-state index in [0.29, 0.717) is 0 Å². The first kappa shape index (κ1) is 9.27. The van der Waals surface area contributed by atoms with Crippen LogP contribution in [0.15, 0.2) is 30.3 Å². The minimum Gasteiger partial charge on any atom is -0.302 e. The van der Waals surface area contributed by atoms with Gasteiger partial charge in [-0.05, 0) is 25.6 Å². The van der Waals surface area contributed by atoms with Gasteiger partial charge in [-0.2, -0.15) is 0 Å². The Balaban J connectivity index is 2.41. The van der Waals surface area contributed by atoms with Crippen molar-refractivity contribution in [2.45, 2.75) is 19.9 Å². The number of nitrogens with zero attached hydrogens (tertiary/aromatic N) is 1. The van der Waals surface area contributed by atoms with E-state index in [-0.39, 0.29) is 0 Å².